The van der Waals surface area contributed by atoms with Crippen LogP contribution >= 0.6 is 11.3 Å². The van der Waals surface area contributed by atoms with Crippen molar-refractivity contribution in [1.82, 2.24) is 15.2 Å². The first-order chi connectivity index (χ1) is 16.7. The van der Waals surface area contributed by atoms with Gasteiger partial charge < -0.3 is 14.6 Å². The number of amides is 2. The molecule has 0 radical (unpaired) electrons. The summed E-state index contributed by atoms with van der Waals surface area (Å²) in [6, 6.07) is 21.9. The van der Waals surface area contributed by atoms with E-state index < -0.39 is 0 Å². The zero-order chi connectivity index (χ0) is 23.3. The number of likely N-dealkylation sites (tertiary alicyclic amines) is 1. The van der Waals surface area contributed by atoms with E-state index in [1.165, 1.54) is 5.56 Å². The Bertz CT molecular complexity index is 1240. The average molecular weight is 474 g/mol. The van der Waals surface area contributed by atoms with Crippen molar-refractivity contribution in [2.75, 3.05) is 13.1 Å². The first-order valence-corrected chi connectivity index (χ1v) is 12.5. The molecular weight excluding hydrogens is 446 g/mol. The topological polar surface area (TPSA) is 75.4 Å². The Morgan fingerprint density at radius 1 is 1.00 bits per heavy atom. The second kappa shape index (κ2) is 10.2. The second-order valence-corrected chi connectivity index (χ2v) is 9.64. The van der Waals surface area contributed by atoms with E-state index in [9.17, 15) is 9.59 Å². The number of carbonyl (C=O) groups excluding carboxylic acids is 2. The molecule has 1 aliphatic rings. The summed E-state index contributed by atoms with van der Waals surface area (Å²) in [5, 5.41) is 3.83. The lowest BCUT2D eigenvalue weighted by molar-refractivity contribution is -0.135. The van der Waals surface area contributed by atoms with Crippen molar-refractivity contribution in [2.24, 2.45) is 5.92 Å². The molecule has 7 heteroatoms. The number of aromatic nitrogens is 1. The van der Waals surface area contributed by atoms with Gasteiger partial charge in [-0.05, 0) is 49.1 Å². The molecule has 1 aliphatic heterocycles. The van der Waals surface area contributed by atoms with Gasteiger partial charge in [-0.1, -0.05) is 42.5 Å². The number of rotatable bonds is 7. The van der Waals surface area contributed by atoms with Gasteiger partial charge in [0.25, 0.3) is 0 Å². The van der Waals surface area contributed by atoms with Crippen LogP contribution in [-0.4, -0.2) is 34.8 Å². The van der Waals surface area contributed by atoms with E-state index in [4.69, 9.17) is 4.42 Å². The summed E-state index contributed by atoms with van der Waals surface area (Å²) in [6.07, 6.45) is 2.65. The van der Waals surface area contributed by atoms with Crippen molar-refractivity contribution in [3.8, 4) is 10.8 Å². The lowest BCUT2D eigenvalue weighted by Crippen LogP contribution is -2.43. The summed E-state index contributed by atoms with van der Waals surface area (Å²) in [4.78, 5) is 31.7. The maximum absolute atomic E-state index is 12.7. The van der Waals surface area contributed by atoms with Crippen LogP contribution in [0.25, 0.3) is 21.0 Å². The van der Waals surface area contributed by atoms with E-state index in [-0.39, 0.29) is 17.7 Å². The highest BCUT2D eigenvalue weighted by molar-refractivity contribution is 7.21. The third-order valence-corrected chi connectivity index (χ3v) is 7.34. The maximum atomic E-state index is 12.7. The Kier molecular flexibility index (Phi) is 6.72. The fourth-order valence-corrected chi connectivity index (χ4v) is 5.26. The molecule has 2 aromatic heterocycles. The van der Waals surface area contributed by atoms with Gasteiger partial charge in [0.15, 0.2) is 10.8 Å². The van der Waals surface area contributed by atoms with E-state index in [1.807, 2.05) is 71.6 Å². The van der Waals surface area contributed by atoms with Crippen LogP contribution in [0.15, 0.2) is 71.1 Å². The molecule has 3 heterocycles. The summed E-state index contributed by atoms with van der Waals surface area (Å²) < 4.78 is 7.05. The van der Waals surface area contributed by atoms with E-state index in [0.717, 1.165) is 21.6 Å². The number of hydrogen-bond donors (Lipinski definition) is 1. The van der Waals surface area contributed by atoms with Gasteiger partial charge in [0.2, 0.25) is 11.8 Å². The minimum atomic E-state index is -0.0723. The molecule has 6 nitrogen and oxygen atoms in total. The highest BCUT2D eigenvalue weighted by Crippen LogP contribution is 2.31. The van der Waals surface area contributed by atoms with Crippen LogP contribution in [0.4, 0.5) is 0 Å². The van der Waals surface area contributed by atoms with Crippen LogP contribution < -0.4 is 5.32 Å². The van der Waals surface area contributed by atoms with Crippen LogP contribution in [0.5, 0.6) is 0 Å². The lowest BCUT2D eigenvalue weighted by Gasteiger charge is -2.31. The molecule has 174 valence electrons. The molecule has 4 aromatic rings. The Labute approximate surface area is 202 Å². The molecule has 0 aliphatic carbocycles. The number of piperidine rings is 1. The van der Waals surface area contributed by atoms with E-state index in [2.05, 4.69) is 10.3 Å². The number of hydrogen-bond acceptors (Lipinski definition) is 5. The molecule has 1 fully saturated rings. The van der Waals surface area contributed by atoms with Gasteiger partial charge in [0.05, 0.1) is 16.8 Å². The van der Waals surface area contributed by atoms with E-state index in [0.29, 0.717) is 50.4 Å². The van der Waals surface area contributed by atoms with Crippen molar-refractivity contribution < 1.29 is 14.0 Å². The number of fused-ring (bicyclic) bond motifs is 1. The predicted octanol–water partition coefficient (Wildman–Crippen LogP) is 5.04. The quantitative estimate of drug-likeness (QED) is 0.408. The van der Waals surface area contributed by atoms with E-state index in [1.54, 1.807) is 11.3 Å². The lowest BCUT2D eigenvalue weighted by atomic mass is 9.95. The molecule has 0 unspecified atom stereocenters. The smallest absolute Gasteiger partial charge is 0.223 e. The molecule has 34 heavy (non-hydrogen) atoms. The molecule has 1 N–H and O–H groups in total. The maximum Gasteiger partial charge on any atom is 0.223 e. The van der Waals surface area contributed by atoms with Crippen LogP contribution in [0.3, 0.4) is 0 Å². The first-order valence-electron chi connectivity index (χ1n) is 11.7. The minimum Gasteiger partial charge on any atom is -0.457 e. The number of aryl methyl sites for hydroxylation is 1. The molecule has 1 saturated heterocycles. The van der Waals surface area contributed by atoms with Gasteiger partial charge in [-0.25, -0.2) is 4.98 Å². The fourth-order valence-electron chi connectivity index (χ4n) is 4.33. The van der Waals surface area contributed by atoms with Crippen LogP contribution in [0.2, 0.25) is 0 Å². The van der Waals surface area contributed by atoms with Crippen LogP contribution in [0.1, 0.15) is 30.6 Å². The number of para-hydroxylation sites is 1. The van der Waals surface area contributed by atoms with Gasteiger partial charge >= 0.3 is 0 Å². The largest absolute Gasteiger partial charge is 0.457 e. The van der Waals surface area contributed by atoms with Gasteiger partial charge in [0.1, 0.15) is 5.76 Å². The summed E-state index contributed by atoms with van der Waals surface area (Å²) >= 11 is 1.59. The Morgan fingerprint density at radius 3 is 2.56 bits per heavy atom. The van der Waals surface area contributed by atoms with Gasteiger partial charge in [-0.2, -0.15) is 0 Å². The second-order valence-electron chi connectivity index (χ2n) is 8.61. The van der Waals surface area contributed by atoms with Crippen molar-refractivity contribution in [3.05, 3.63) is 78.1 Å². The molecule has 2 aromatic carbocycles. The van der Waals surface area contributed by atoms with Crippen LogP contribution in [-0.2, 0) is 22.6 Å². The van der Waals surface area contributed by atoms with Crippen molar-refractivity contribution in [1.29, 1.82) is 0 Å². The highest BCUT2D eigenvalue weighted by Gasteiger charge is 2.27. The number of nitrogens with zero attached hydrogens (tertiary/aromatic N) is 2. The molecule has 2 amide bonds. The number of benzene rings is 2. The molecule has 0 atom stereocenters. The normalized spacial score (nSPS) is 14.4. The number of thiazole rings is 1. The highest BCUT2D eigenvalue weighted by atomic mass is 32.1. The van der Waals surface area contributed by atoms with Gasteiger partial charge in [-0.15, -0.1) is 11.3 Å². The minimum absolute atomic E-state index is 0.0225. The van der Waals surface area contributed by atoms with Gasteiger partial charge in [0, 0.05) is 25.4 Å². The van der Waals surface area contributed by atoms with Crippen LogP contribution in [0, 0.1) is 5.92 Å². The molecular formula is C27H27N3O3S. The fraction of sp³-hybridized carbons (Fsp3) is 0.296. The summed E-state index contributed by atoms with van der Waals surface area (Å²) in [5.74, 6) is 1.54. The van der Waals surface area contributed by atoms with Gasteiger partial charge in [-0.3, -0.25) is 9.59 Å². The van der Waals surface area contributed by atoms with Crippen molar-refractivity contribution in [2.45, 2.75) is 32.2 Å². The monoisotopic (exact) mass is 473 g/mol. The Balaban J connectivity index is 1.08. The predicted molar refractivity (Wildman–Crippen MR) is 133 cm³/mol. The Hall–Kier alpha value is -3.45. The molecule has 0 saturated carbocycles. The summed E-state index contributed by atoms with van der Waals surface area (Å²) in [6.45, 7) is 1.61. The molecule has 5 rings (SSSR count). The zero-order valence-corrected chi connectivity index (χ0v) is 19.7. The van der Waals surface area contributed by atoms with E-state index >= 15 is 0 Å². The molecule has 0 spiro atoms. The average Bonchev–Trinajstić information content (AvgIpc) is 3.53. The third kappa shape index (κ3) is 5.20. The number of carbonyl (C=O) groups is 2. The SMILES string of the molecule is O=C(NCc1ccc(-c2nc3ccccc3s2)o1)C1CCN(C(=O)CCc2ccccc2)CC1. The standard InChI is InChI=1S/C27H27N3O3S/c31-25(13-10-19-6-2-1-3-7-19)30-16-14-20(15-17-30)26(32)28-18-21-11-12-23(33-21)27-29-22-8-4-5-9-24(22)34-27/h1-9,11-12,20H,10,13-18H2,(H,28,32). The summed E-state index contributed by atoms with van der Waals surface area (Å²) in [7, 11) is 0. The zero-order valence-electron chi connectivity index (χ0n) is 18.9. The first kappa shape index (κ1) is 22.3. The Morgan fingerprint density at radius 2 is 1.76 bits per heavy atom. The number of furan rings is 1. The number of nitrogens with one attached hydrogen (secondary N) is 1. The third-order valence-electron chi connectivity index (χ3n) is 6.29. The summed E-state index contributed by atoms with van der Waals surface area (Å²) in [5.41, 5.74) is 2.13. The van der Waals surface area contributed by atoms with Crippen molar-refractivity contribution in [3.63, 3.8) is 0 Å². The van der Waals surface area contributed by atoms with Crippen molar-refractivity contribution >= 4 is 33.4 Å². The molecule has 0 bridgehead atoms.